The number of aldehydes is 1. The van der Waals surface area contributed by atoms with Gasteiger partial charge in [-0.15, -0.1) is 0 Å². The zero-order valence-corrected chi connectivity index (χ0v) is 10.3. The third-order valence-corrected chi connectivity index (χ3v) is 3.17. The van der Waals surface area contributed by atoms with Crippen molar-refractivity contribution in [1.82, 2.24) is 0 Å². The molecular formula is C16H13NO2. The largest absolute Gasteiger partial charge is 0.384 e. The molecule has 1 aliphatic heterocycles. The van der Waals surface area contributed by atoms with Crippen LogP contribution >= 0.6 is 0 Å². The molecule has 1 unspecified atom stereocenters. The molecule has 0 bridgehead atoms. The lowest BCUT2D eigenvalue weighted by atomic mass is 10.0. The van der Waals surface area contributed by atoms with Crippen LogP contribution in [0, 0.1) is 0 Å². The Morgan fingerprint density at radius 3 is 2.21 bits per heavy atom. The topological polar surface area (TPSA) is 38.7 Å². The van der Waals surface area contributed by atoms with E-state index in [9.17, 15) is 4.79 Å². The van der Waals surface area contributed by atoms with E-state index in [0.717, 1.165) is 23.1 Å². The van der Waals surface area contributed by atoms with E-state index in [0.29, 0.717) is 6.42 Å². The van der Waals surface area contributed by atoms with Crippen LogP contribution in [0.5, 0.6) is 0 Å². The third kappa shape index (κ3) is 2.40. The van der Waals surface area contributed by atoms with Gasteiger partial charge in [0.15, 0.2) is 12.4 Å². The van der Waals surface area contributed by atoms with Gasteiger partial charge < -0.3 is 4.84 Å². The van der Waals surface area contributed by atoms with Crippen molar-refractivity contribution in [3.8, 4) is 11.1 Å². The van der Waals surface area contributed by atoms with Crippen LogP contribution in [0.3, 0.4) is 0 Å². The number of carbonyl (C=O) groups excluding carboxylic acids is 1. The van der Waals surface area contributed by atoms with Gasteiger partial charge in [-0.05, 0) is 16.7 Å². The van der Waals surface area contributed by atoms with Gasteiger partial charge in [-0.2, -0.15) is 0 Å². The number of hydrogen-bond donors (Lipinski definition) is 0. The summed E-state index contributed by atoms with van der Waals surface area (Å²) >= 11 is 0. The van der Waals surface area contributed by atoms with Crippen LogP contribution in [-0.2, 0) is 9.63 Å². The molecule has 0 radical (unpaired) electrons. The average Bonchev–Trinajstić information content (AvgIpc) is 2.97. The number of rotatable bonds is 3. The predicted octanol–water partition coefficient (Wildman–Crippen LogP) is 3.05. The van der Waals surface area contributed by atoms with E-state index < -0.39 is 6.10 Å². The van der Waals surface area contributed by atoms with Crippen molar-refractivity contribution in [3.63, 3.8) is 0 Å². The first-order valence-electron chi connectivity index (χ1n) is 6.20. The first-order valence-corrected chi connectivity index (χ1v) is 6.20. The van der Waals surface area contributed by atoms with Crippen LogP contribution in [0.2, 0.25) is 0 Å². The van der Waals surface area contributed by atoms with Gasteiger partial charge in [0, 0.05) is 6.42 Å². The van der Waals surface area contributed by atoms with Crippen molar-refractivity contribution < 1.29 is 9.63 Å². The van der Waals surface area contributed by atoms with Crippen molar-refractivity contribution in [3.05, 3.63) is 60.2 Å². The van der Waals surface area contributed by atoms with Crippen LogP contribution in [0.4, 0.5) is 0 Å². The number of oxime groups is 1. The van der Waals surface area contributed by atoms with Crippen molar-refractivity contribution >= 4 is 12.0 Å². The van der Waals surface area contributed by atoms with Gasteiger partial charge in [0.25, 0.3) is 0 Å². The van der Waals surface area contributed by atoms with E-state index in [4.69, 9.17) is 4.84 Å². The Labute approximate surface area is 111 Å². The molecule has 3 rings (SSSR count). The zero-order valence-electron chi connectivity index (χ0n) is 10.3. The molecule has 1 heterocycles. The number of benzene rings is 2. The fourth-order valence-electron chi connectivity index (χ4n) is 2.13. The van der Waals surface area contributed by atoms with Crippen LogP contribution in [0.1, 0.15) is 12.0 Å². The maximum Gasteiger partial charge on any atom is 0.187 e. The Balaban J connectivity index is 1.82. The summed E-state index contributed by atoms with van der Waals surface area (Å²) in [7, 11) is 0. The minimum absolute atomic E-state index is 0.427. The summed E-state index contributed by atoms with van der Waals surface area (Å²) in [5, 5.41) is 3.95. The molecule has 0 aliphatic carbocycles. The van der Waals surface area contributed by atoms with Crippen LogP contribution < -0.4 is 0 Å². The summed E-state index contributed by atoms with van der Waals surface area (Å²) in [6, 6.07) is 18.3. The maximum atomic E-state index is 10.6. The second-order valence-corrected chi connectivity index (χ2v) is 4.47. The summed E-state index contributed by atoms with van der Waals surface area (Å²) in [5.41, 5.74) is 4.18. The van der Waals surface area contributed by atoms with Gasteiger partial charge in [-0.1, -0.05) is 59.8 Å². The highest BCUT2D eigenvalue weighted by Gasteiger charge is 2.21. The van der Waals surface area contributed by atoms with Gasteiger partial charge in [0.1, 0.15) is 0 Å². The van der Waals surface area contributed by atoms with Crippen molar-refractivity contribution in [1.29, 1.82) is 0 Å². The highest BCUT2D eigenvalue weighted by Crippen LogP contribution is 2.21. The molecule has 0 N–H and O–H groups in total. The molecule has 0 amide bonds. The Hall–Kier alpha value is -2.42. The molecule has 1 aliphatic rings. The van der Waals surface area contributed by atoms with E-state index in [1.165, 1.54) is 5.56 Å². The summed E-state index contributed by atoms with van der Waals surface area (Å²) in [6.07, 6.45) is 0.909. The van der Waals surface area contributed by atoms with Gasteiger partial charge in [0.2, 0.25) is 0 Å². The quantitative estimate of drug-likeness (QED) is 0.786. The van der Waals surface area contributed by atoms with Crippen LogP contribution in [0.25, 0.3) is 11.1 Å². The van der Waals surface area contributed by atoms with Crippen molar-refractivity contribution in [2.45, 2.75) is 12.5 Å². The predicted molar refractivity (Wildman–Crippen MR) is 74.0 cm³/mol. The summed E-state index contributed by atoms with van der Waals surface area (Å²) in [5.74, 6) is 0. The summed E-state index contributed by atoms with van der Waals surface area (Å²) < 4.78 is 0. The Morgan fingerprint density at radius 1 is 0.947 bits per heavy atom. The third-order valence-electron chi connectivity index (χ3n) is 3.17. The molecule has 0 saturated carbocycles. The summed E-state index contributed by atoms with van der Waals surface area (Å²) in [6.45, 7) is 0. The van der Waals surface area contributed by atoms with Gasteiger partial charge >= 0.3 is 0 Å². The molecule has 2 aromatic carbocycles. The SMILES string of the molecule is O=CC1CC(c2ccc(-c3ccccc3)cc2)=NO1. The highest BCUT2D eigenvalue weighted by molar-refractivity contribution is 6.02. The van der Waals surface area contributed by atoms with E-state index in [2.05, 4.69) is 29.4 Å². The monoisotopic (exact) mass is 251 g/mol. The molecule has 3 heteroatoms. The fraction of sp³-hybridized carbons (Fsp3) is 0.125. The molecule has 3 nitrogen and oxygen atoms in total. The molecule has 0 fully saturated rings. The fourth-order valence-corrected chi connectivity index (χ4v) is 2.13. The lowest BCUT2D eigenvalue weighted by Gasteiger charge is -2.03. The molecule has 0 aromatic heterocycles. The number of nitrogens with zero attached hydrogens (tertiary/aromatic N) is 1. The Kier molecular flexibility index (Phi) is 3.11. The van der Waals surface area contributed by atoms with E-state index in [-0.39, 0.29) is 0 Å². The van der Waals surface area contributed by atoms with Gasteiger partial charge in [-0.3, -0.25) is 4.79 Å². The smallest absolute Gasteiger partial charge is 0.187 e. The van der Waals surface area contributed by atoms with Crippen LogP contribution in [-0.4, -0.2) is 18.1 Å². The maximum absolute atomic E-state index is 10.6. The number of carbonyl (C=O) groups is 1. The lowest BCUT2D eigenvalue weighted by molar-refractivity contribution is -0.116. The minimum Gasteiger partial charge on any atom is -0.384 e. The van der Waals surface area contributed by atoms with E-state index >= 15 is 0 Å². The molecule has 0 saturated heterocycles. The molecule has 19 heavy (non-hydrogen) atoms. The van der Waals surface area contributed by atoms with Crippen molar-refractivity contribution in [2.75, 3.05) is 0 Å². The van der Waals surface area contributed by atoms with E-state index in [1.807, 2.05) is 30.3 Å². The highest BCUT2D eigenvalue weighted by atomic mass is 16.6. The van der Waals surface area contributed by atoms with Gasteiger partial charge in [0.05, 0.1) is 5.71 Å². The lowest BCUT2D eigenvalue weighted by Crippen LogP contribution is -2.09. The molecule has 94 valence electrons. The molecular weight excluding hydrogens is 238 g/mol. The molecule has 0 spiro atoms. The Morgan fingerprint density at radius 2 is 1.58 bits per heavy atom. The summed E-state index contributed by atoms with van der Waals surface area (Å²) in [4.78, 5) is 15.6. The second-order valence-electron chi connectivity index (χ2n) is 4.47. The zero-order chi connectivity index (χ0) is 13.1. The molecule has 1 atom stereocenters. The standard InChI is InChI=1S/C16H13NO2/c18-11-15-10-16(17-19-15)14-8-6-13(7-9-14)12-4-2-1-3-5-12/h1-9,11,15H,10H2. The normalized spacial score (nSPS) is 17.7. The van der Waals surface area contributed by atoms with Crippen LogP contribution in [0.15, 0.2) is 59.8 Å². The first kappa shape index (κ1) is 11.7. The average molecular weight is 251 g/mol. The first-order chi connectivity index (χ1) is 9.36. The molecule has 2 aromatic rings. The van der Waals surface area contributed by atoms with Crippen molar-refractivity contribution in [2.24, 2.45) is 5.16 Å². The minimum atomic E-state index is -0.427. The Bertz CT molecular complexity index is 602. The second kappa shape index (κ2) is 5.06. The van der Waals surface area contributed by atoms with E-state index in [1.54, 1.807) is 0 Å². The van der Waals surface area contributed by atoms with Gasteiger partial charge in [-0.25, -0.2) is 0 Å². The number of hydrogen-bond acceptors (Lipinski definition) is 3.